The number of hydrogen-bond acceptors (Lipinski definition) is 1. The smallest absolute Gasteiger partial charge is 0.239 e. The van der Waals surface area contributed by atoms with Gasteiger partial charge in [0, 0.05) is 12.8 Å². The van der Waals surface area contributed by atoms with E-state index in [0.29, 0.717) is 0 Å². The van der Waals surface area contributed by atoms with Gasteiger partial charge in [0.1, 0.15) is 5.78 Å². The minimum Gasteiger partial charge on any atom is -0.300 e. The Labute approximate surface area is 46.7 Å². The lowest BCUT2D eigenvalue weighted by atomic mass is 10.2. The van der Waals surface area contributed by atoms with Crippen LogP contribution in [0.2, 0.25) is 0 Å². The highest BCUT2D eigenvalue weighted by atomic mass is 19.3. The second kappa shape index (κ2) is 3.52. The van der Waals surface area contributed by atoms with Crippen LogP contribution in [0.25, 0.3) is 0 Å². The molecule has 0 spiro atoms. The summed E-state index contributed by atoms with van der Waals surface area (Å²) in [4.78, 5) is 10.0. The number of carbonyl (C=O) groups excluding carboxylic acids is 1. The molecule has 0 heterocycles. The van der Waals surface area contributed by atoms with Crippen LogP contribution in [-0.4, -0.2) is 12.2 Å². The minimum absolute atomic E-state index is 0.00231. The van der Waals surface area contributed by atoms with Gasteiger partial charge in [0.05, 0.1) is 0 Å². The second-order valence-electron chi connectivity index (χ2n) is 1.63. The standard InChI is InChI=1S/C5H8F2O/c1-4(8)2-3-5(6)7/h5H,2-3H2,1H3. The first kappa shape index (κ1) is 7.53. The molecule has 0 aliphatic carbocycles. The summed E-state index contributed by atoms with van der Waals surface area (Å²) in [6, 6.07) is 0. The third-order valence-corrected chi connectivity index (χ3v) is 0.715. The van der Waals surface area contributed by atoms with Gasteiger partial charge in [-0.15, -0.1) is 0 Å². The topological polar surface area (TPSA) is 17.1 Å². The van der Waals surface area contributed by atoms with Crippen LogP contribution >= 0.6 is 0 Å². The molecule has 0 rings (SSSR count). The summed E-state index contributed by atoms with van der Waals surface area (Å²) in [6.07, 6.45) is -2.63. The van der Waals surface area contributed by atoms with Crippen molar-refractivity contribution in [2.75, 3.05) is 0 Å². The molecule has 0 atom stereocenters. The molecule has 0 aromatic carbocycles. The van der Waals surface area contributed by atoms with Crippen molar-refractivity contribution in [3.63, 3.8) is 0 Å². The van der Waals surface area contributed by atoms with Gasteiger partial charge in [0.25, 0.3) is 0 Å². The minimum atomic E-state index is -2.33. The molecular weight excluding hydrogens is 114 g/mol. The molecule has 0 fully saturated rings. The number of Topliss-reactive ketones (excluding diaryl/α,β-unsaturated/α-hetero) is 1. The van der Waals surface area contributed by atoms with Crippen molar-refractivity contribution >= 4 is 5.78 Å². The third-order valence-electron chi connectivity index (χ3n) is 0.715. The molecule has 0 radical (unpaired) electrons. The summed E-state index contributed by atoms with van der Waals surface area (Å²) >= 11 is 0. The molecule has 0 bridgehead atoms. The second-order valence-corrected chi connectivity index (χ2v) is 1.63. The Hall–Kier alpha value is -0.470. The largest absolute Gasteiger partial charge is 0.300 e. The molecular formula is C5H8F2O. The highest BCUT2D eigenvalue weighted by Crippen LogP contribution is 2.02. The van der Waals surface area contributed by atoms with E-state index in [2.05, 4.69) is 0 Å². The molecule has 0 amide bonds. The lowest BCUT2D eigenvalue weighted by molar-refractivity contribution is -0.117. The molecule has 8 heavy (non-hydrogen) atoms. The maximum Gasteiger partial charge on any atom is 0.239 e. The summed E-state index contributed by atoms with van der Waals surface area (Å²) in [5.41, 5.74) is 0. The third kappa shape index (κ3) is 5.53. The van der Waals surface area contributed by atoms with E-state index in [1.54, 1.807) is 0 Å². The van der Waals surface area contributed by atoms with E-state index in [-0.39, 0.29) is 18.6 Å². The van der Waals surface area contributed by atoms with Gasteiger partial charge in [-0.05, 0) is 6.92 Å². The fourth-order valence-corrected chi connectivity index (χ4v) is 0.312. The molecule has 3 heteroatoms. The van der Waals surface area contributed by atoms with Crippen LogP contribution in [0.3, 0.4) is 0 Å². The lowest BCUT2D eigenvalue weighted by Gasteiger charge is -1.91. The van der Waals surface area contributed by atoms with E-state index >= 15 is 0 Å². The summed E-state index contributed by atoms with van der Waals surface area (Å²) in [6.45, 7) is 1.31. The molecule has 0 saturated carbocycles. The van der Waals surface area contributed by atoms with Crippen LogP contribution in [0.5, 0.6) is 0 Å². The molecule has 48 valence electrons. The highest BCUT2D eigenvalue weighted by Gasteiger charge is 2.02. The van der Waals surface area contributed by atoms with Gasteiger partial charge in [-0.25, -0.2) is 8.78 Å². The zero-order valence-corrected chi connectivity index (χ0v) is 4.66. The van der Waals surface area contributed by atoms with E-state index < -0.39 is 6.43 Å². The molecule has 0 aromatic heterocycles. The van der Waals surface area contributed by atoms with Crippen LogP contribution in [0.15, 0.2) is 0 Å². The van der Waals surface area contributed by atoms with Gasteiger partial charge in [0.2, 0.25) is 6.43 Å². The molecule has 0 saturated heterocycles. The summed E-state index contributed by atoms with van der Waals surface area (Å²) in [5, 5.41) is 0. The van der Waals surface area contributed by atoms with Crippen molar-refractivity contribution in [3.05, 3.63) is 0 Å². The summed E-state index contributed by atoms with van der Waals surface area (Å²) in [5.74, 6) is -0.176. The van der Waals surface area contributed by atoms with Crippen molar-refractivity contribution in [1.82, 2.24) is 0 Å². The van der Waals surface area contributed by atoms with E-state index in [1.165, 1.54) is 6.92 Å². The Balaban J connectivity index is 3.05. The molecule has 1 nitrogen and oxygen atoms in total. The number of carbonyl (C=O) groups is 1. The quantitative estimate of drug-likeness (QED) is 0.555. The Kier molecular flexibility index (Phi) is 3.31. The van der Waals surface area contributed by atoms with Crippen LogP contribution in [0.4, 0.5) is 8.78 Å². The Morgan fingerprint density at radius 3 is 2.25 bits per heavy atom. The fraction of sp³-hybridized carbons (Fsp3) is 0.800. The predicted molar refractivity (Wildman–Crippen MR) is 25.9 cm³/mol. The lowest BCUT2D eigenvalue weighted by Crippen LogP contribution is -1.95. The SMILES string of the molecule is CC(=O)CCC(F)F. The average Bonchev–Trinajstić information content (AvgIpc) is 1.61. The first-order valence-corrected chi connectivity index (χ1v) is 2.40. The normalized spacial score (nSPS) is 10.0. The van der Waals surface area contributed by atoms with E-state index in [0.717, 1.165) is 0 Å². The van der Waals surface area contributed by atoms with Crippen molar-refractivity contribution in [2.45, 2.75) is 26.2 Å². The Bertz CT molecular complexity index is 80.5. The Morgan fingerprint density at radius 1 is 1.62 bits per heavy atom. The van der Waals surface area contributed by atoms with E-state index in [9.17, 15) is 13.6 Å². The van der Waals surface area contributed by atoms with Gasteiger partial charge in [-0.2, -0.15) is 0 Å². The number of ketones is 1. The van der Waals surface area contributed by atoms with E-state index in [4.69, 9.17) is 0 Å². The number of rotatable bonds is 3. The summed E-state index contributed by atoms with van der Waals surface area (Å²) in [7, 11) is 0. The average molecular weight is 122 g/mol. The van der Waals surface area contributed by atoms with Gasteiger partial charge in [-0.3, -0.25) is 0 Å². The molecule has 0 aliphatic rings. The monoisotopic (exact) mass is 122 g/mol. The molecule has 0 unspecified atom stereocenters. The van der Waals surface area contributed by atoms with Crippen LogP contribution in [0.1, 0.15) is 19.8 Å². The first-order chi connectivity index (χ1) is 3.63. The summed E-state index contributed by atoms with van der Waals surface area (Å²) < 4.78 is 22.5. The zero-order chi connectivity index (χ0) is 6.57. The van der Waals surface area contributed by atoms with Gasteiger partial charge in [-0.1, -0.05) is 0 Å². The molecule has 0 aliphatic heterocycles. The highest BCUT2D eigenvalue weighted by molar-refractivity contribution is 5.75. The van der Waals surface area contributed by atoms with Crippen molar-refractivity contribution in [1.29, 1.82) is 0 Å². The van der Waals surface area contributed by atoms with Gasteiger partial charge >= 0.3 is 0 Å². The van der Waals surface area contributed by atoms with Gasteiger partial charge in [0.15, 0.2) is 0 Å². The fourth-order valence-electron chi connectivity index (χ4n) is 0.312. The number of alkyl halides is 2. The van der Waals surface area contributed by atoms with Crippen molar-refractivity contribution in [2.24, 2.45) is 0 Å². The molecule has 0 N–H and O–H groups in total. The van der Waals surface area contributed by atoms with Crippen molar-refractivity contribution in [3.8, 4) is 0 Å². The predicted octanol–water partition coefficient (Wildman–Crippen LogP) is 1.62. The van der Waals surface area contributed by atoms with Crippen LogP contribution in [0, 0.1) is 0 Å². The maximum atomic E-state index is 11.2. The first-order valence-electron chi connectivity index (χ1n) is 2.40. The van der Waals surface area contributed by atoms with Crippen LogP contribution < -0.4 is 0 Å². The number of hydrogen-bond donors (Lipinski definition) is 0. The molecule has 0 aromatic rings. The Morgan fingerprint density at radius 2 is 2.12 bits per heavy atom. The van der Waals surface area contributed by atoms with Crippen molar-refractivity contribution < 1.29 is 13.6 Å². The van der Waals surface area contributed by atoms with E-state index in [1.807, 2.05) is 0 Å². The maximum absolute atomic E-state index is 11.2. The van der Waals surface area contributed by atoms with Gasteiger partial charge < -0.3 is 4.79 Å². The van der Waals surface area contributed by atoms with Crippen LogP contribution in [-0.2, 0) is 4.79 Å². The zero-order valence-electron chi connectivity index (χ0n) is 4.66. The number of halogens is 2.